The predicted octanol–water partition coefficient (Wildman–Crippen LogP) is 1.46. The molecule has 0 fully saturated rings. The summed E-state index contributed by atoms with van der Waals surface area (Å²) in [4.78, 5) is 16.1. The summed E-state index contributed by atoms with van der Waals surface area (Å²) in [5, 5.41) is 0. The summed E-state index contributed by atoms with van der Waals surface area (Å²) >= 11 is 0. The van der Waals surface area contributed by atoms with E-state index in [0.717, 1.165) is 19.6 Å². The molecule has 0 rings (SSSR count). The van der Waals surface area contributed by atoms with Crippen LogP contribution in [0.25, 0.3) is 0 Å². The van der Waals surface area contributed by atoms with E-state index in [-0.39, 0.29) is 12.0 Å². The highest BCUT2D eigenvalue weighted by molar-refractivity contribution is 5.75. The molecule has 0 aliphatic carbocycles. The van der Waals surface area contributed by atoms with Crippen LogP contribution >= 0.6 is 0 Å². The van der Waals surface area contributed by atoms with E-state index in [2.05, 4.69) is 23.6 Å². The van der Waals surface area contributed by atoms with Crippen LogP contribution in [-0.4, -0.2) is 62.1 Å². The van der Waals surface area contributed by atoms with Crippen molar-refractivity contribution in [3.8, 4) is 0 Å². The van der Waals surface area contributed by atoms with Crippen molar-refractivity contribution in [2.75, 3.05) is 40.3 Å². The number of ether oxygens (including phenoxy) is 1. The number of carbonyl (C=O) groups is 1. The van der Waals surface area contributed by atoms with E-state index < -0.39 is 0 Å². The van der Waals surface area contributed by atoms with Gasteiger partial charge in [-0.1, -0.05) is 13.8 Å². The molecular formula is C13H28N2O2. The van der Waals surface area contributed by atoms with Gasteiger partial charge in [0.1, 0.15) is 6.04 Å². The minimum Gasteiger partial charge on any atom is -0.465 e. The SMILES string of the molecule is CCOC(=O)C(C)N(CCN(C)C)CC(C)C. The number of rotatable bonds is 8. The number of likely N-dealkylation sites (N-methyl/N-ethyl adjacent to an activating group) is 1. The smallest absolute Gasteiger partial charge is 0.323 e. The number of hydrogen-bond donors (Lipinski definition) is 0. The summed E-state index contributed by atoms with van der Waals surface area (Å²) in [5.74, 6) is 0.431. The summed E-state index contributed by atoms with van der Waals surface area (Å²) in [7, 11) is 4.09. The standard InChI is InChI=1S/C13H28N2O2/c1-7-17-13(16)12(4)15(10-11(2)3)9-8-14(5)6/h11-12H,7-10H2,1-6H3. The van der Waals surface area contributed by atoms with Gasteiger partial charge in [0.25, 0.3) is 0 Å². The quantitative estimate of drug-likeness (QED) is 0.605. The lowest BCUT2D eigenvalue weighted by molar-refractivity contribution is -0.149. The van der Waals surface area contributed by atoms with Crippen molar-refractivity contribution in [3.05, 3.63) is 0 Å². The molecule has 0 aromatic rings. The first kappa shape index (κ1) is 16.4. The molecule has 0 spiro atoms. The summed E-state index contributed by atoms with van der Waals surface area (Å²) in [5.41, 5.74) is 0. The van der Waals surface area contributed by atoms with E-state index in [0.29, 0.717) is 12.5 Å². The van der Waals surface area contributed by atoms with Crippen LogP contribution in [0.4, 0.5) is 0 Å². The Morgan fingerprint density at radius 2 is 1.76 bits per heavy atom. The molecular weight excluding hydrogens is 216 g/mol. The van der Waals surface area contributed by atoms with Gasteiger partial charge in [-0.2, -0.15) is 0 Å². The van der Waals surface area contributed by atoms with E-state index in [1.807, 2.05) is 27.9 Å². The zero-order valence-electron chi connectivity index (χ0n) is 12.2. The maximum Gasteiger partial charge on any atom is 0.323 e. The third-order valence-corrected chi connectivity index (χ3v) is 2.61. The molecule has 0 N–H and O–H groups in total. The van der Waals surface area contributed by atoms with Gasteiger partial charge in [-0.3, -0.25) is 9.69 Å². The van der Waals surface area contributed by atoms with Crippen LogP contribution in [0.15, 0.2) is 0 Å². The summed E-state index contributed by atoms with van der Waals surface area (Å²) < 4.78 is 5.08. The van der Waals surface area contributed by atoms with Crippen LogP contribution in [0, 0.1) is 5.92 Å². The molecule has 0 saturated carbocycles. The second-order valence-corrected chi connectivity index (χ2v) is 5.12. The van der Waals surface area contributed by atoms with Gasteiger partial charge in [-0.25, -0.2) is 0 Å². The number of hydrogen-bond acceptors (Lipinski definition) is 4. The van der Waals surface area contributed by atoms with Crippen LogP contribution in [0.2, 0.25) is 0 Å². The van der Waals surface area contributed by atoms with Crippen molar-refractivity contribution < 1.29 is 9.53 Å². The molecule has 0 aromatic heterocycles. The van der Waals surface area contributed by atoms with E-state index in [1.54, 1.807) is 0 Å². The predicted molar refractivity (Wildman–Crippen MR) is 71.1 cm³/mol. The van der Waals surface area contributed by atoms with Gasteiger partial charge in [0.15, 0.2) is 0 Å². The van der Waals surface area contributed by atoms with E-state index >= 15 is 0 Å². The average molecular weight is 244 g/mol. The van der Waals surface area contributed by atoms with Crippen molar-refractivity contribution in [1.29, 1.82) is 0 Å². The maximum atomic E-state index is 11.7. The molecule has 17 heavy (non-hydrogen) atoms. The lowest BCUT2D eigenvalue weighted by atomic mass is 10.1. The zero-order chi connectivity index (χ0) is 13.4. The van der Waals surface area contributed by atoms with Crippen LogP contribution in [0.1, 0.15) is 27.7 Å². The first-order valence-electron chi connectivity index (χ1n) is 6.43. The number of esters is 1. The molecule has 4 nitrogen and oxygen atoms in total. The third kappa shape index (κ3) is 7.34. The summed E-state index contributed by atoms with van der Waals surface area (Å²) in [6, 6.07) is -0.155. The van der Waals surface area contributed by atoms with Crippen LogP contribution in [0.3, 0.4) is 0 Å². The highest BCUT2D eigenvalue weighted by atomic mass is 16.5. The number of carbonyl (C=O) groups excluding carboxylic acids is 1. The molecule has 0 aromatic carbocycles. The van der Waals surface area contributed by atoms with Crippen molar-refractivity contribution in [2.24, 2.45) is 5.92 Å². The Balaban J connectivity index is 4.38. The second-order valence-electron chi connectivity index (χ2n) is 5.12. The van der Waals surface area contributed by atoms with Crippen molar-refractivity contribution >= 4 is 5.97 Å². The van der Waals surface area contributed by atoms with Crippen molar-refractivity contribution in [3.63, 3.8) is 0 Å². The van der Waals surface area contributed by atoms with Gasteiger partial charge in [0.2, 0.25) is 0 Å². The minimum atomic E-state index is -0.155. The van der Waals surface area contributed by atoms with E-state index in [9.17, 15) is 4.79 Å². The molecule has 0 radical (unpaired) electrons. The van der Waals surface area contributed by atoms with Gasteiger partial charge >= 0.3 is 5.97 Å². The highest BCUT2D eigenvalue weighted by Gasteiger charge is 2.22. The molecule has 102 valence electrons. The van der Waals surface area contributed by atoms with Crippen molar-refractivity contribution in [1.82, 2.24) is 9.80 Å². The van der Waals surface area contributed by atoms with Gasteiger partial charge in [-0.05, 0) is 33.9 Å². The molecule has 1 atom stereocenters. The Morgan fingerprint density at radius 1 is 1.18 bits per heavy atom. The Labute approximate surface area is 106 Å². The lowest BCUT2D eigenvalue weighted by Crippen LogP contribution is -2.45. The fourth-order valence-corrected chi connectivity index (χ4v) is 1.65. The van der Waals surface area contributed by atoms with Gasteiger partial charge in [-0.15, -0.1) is 0 Å². The summed E-state index contributed by atoms with van der Waals surface area (Å²) in [6.45, 7) is 11.3. The van der Waals surface area contributed by atoms with E-state index in [4.69, 9.17) is 4.74 Å². The Kier molecular flexibility index (Phi) is 8.17. The molecule has 0 saturated heterocycles. The van der Waals surface area contributed by atoms with Gasteiger partial charge in [0, 0.05) is 19.6 Å². The fourth-order valence-electron chi connectivity index (χ4n) is 1.65. The molecule has 0 aliphatic heterocycles. The van der Waals surface area contributed by atoms with Gasteiger partial charge in [0.05, 0.1) is 6.61 Å². The zero-order valence-corrected chi connectivity index (χ0v) is 12.2. The highest BCUT2D eigenvalue weighted by Crippen LogP contribution is 2.06. The molecule has 0 heterocycles. The first-order chi connectivity index (χ1) is 7.88. The molecule has 0 bridgehead atoms. The second kappa shape index (κ2) is 8.48. The Hall–Kier alpha value is -0.610. The number of nitrogens with zero attached hydrogens (tertiary/aromatic N) is 2. The van der Waals surface area contributed by atoms with E-state index in [1.165, 1.54) is 0 Å². The minimum absolute atomic E-state index is 0.119. The third-order valence-electron chi connectivity index (χ3n) is 2.61. The van der Waals surface area contributed by atoms with Crippen LogP contribution < -0.4 is 0 Å². The lowest BCUT2D eigenvalue weighted by Gasteiger charge is -2.30. The molecule has 4 heteroatoms. The molecule has 0 amide bonds. The molecule has 1 unspecified atom stereocenters. The first-order valence-corrected chi connectivity index (χ1v) is 6.43. The maximum absolute atomic E-state index is 11.7. The monoisotopic (exact) mass is 244 g/mol. The topological polar surface area (TPSA) is 32.8 Å². The summed E-state index contributed by atoms with van der Waals surface area (Å²) in [6.07, 6.45) is 0. The Morgan fingerprint density at radius 3 is 2.18 bits per heavy atom. The van der Waals surface area contributed by atoms with Crippen LogP contribution in [0.5, 0.6) is 0 Å². The van der Waals surface area contributed by atoms with Gasteiger partial charge < -0.3 is 9.64 Å². The largest absolute Gasteiger partial charge is 0.465 e. The Bertz CT molecular complexity index is 217. The average Bonchev–Trinajstić information content (AvgIpc) is 2.22. The fraction of sp³-hybridized carbons (Fsp3) is 0.923. The normalized spacial score (nSPS) is 13.5. The van der Waals surface area contributed by atoms with Crippen molar-refractivity contribution in [2.45, 2.75) is 33.7 Å². The molecule has 0 aliphatic rings. The van der Waals surface area contributed by atoms with Crippen LogP contribution in [-0.2, 0) is 9.53 Å².